The number of benzene rings is 1. The molecule has 4 nitrogen and oxygen atoms in total. The molecular formula is C15H15N3O. The highest BCUT2D eigenvalue weighted by atomic mass is 16.1. The van der Waals surface area contributed by atoms with Crippen LogP contribution in [0.3, 0.4) is 0 Å². The van der Waals surface area contributed by atoms with Crippen molar-refractivity contribution in [2.24, 2.45) is 0 Å². The Bertz CT molecular complexity index is 780. The van der Waals surface area contributed by atoms with Gasteiger partial charge in [-0.25, -0.2) is 4.98 Å². The summed E-state index contributed by atoms with van der Waals surface area (Å²) in [7, 11) is 0. The van der Waals surface area contributed by atoms with Gasteiger partial charge < -0.3 is 9.97 Å². The number of aromatic amines is 2. The summed E-state index contributed by atoms with van der Waals surface area (Å²) in [6.45, 7) is 6.01. The van der Waals surface area contributed by atoms with Crippen LogP contribution in [-0.2, 0) is 0 Å². The van der Waals surface area contributed by atoms with E-state index in [1.54, 1.807) is 0 Å². The van der Waals surface area contributed by atoms with Crippen molar-refractivity contribution in [2.45, 2.75) is 20.8 Å². The van der Waals surface area contributed by atoms with Crippen LogP contribution in [0, 0.1) is 20.8 Å². The molecule has 3 aromatic rings. The van der Waals surface area contributed by atoms with Gasteiger partial charge in [0.05, 0.1) is 0 Å². The maximum Gasteiger partial charge on any atom is 0.170 e. The quantitative estimate of drug-likeness (QED) is 0.688. The number of hydrogen-bond donors (Lipinski definition) is 2. The first-order valence-corrected chi connectivity index (χ1v) is 6.21. The second-order valence-corrected chi connectivity index (χ2v) is 4.87. The van der Waals surface area contributed by atoms with E-state index in [0.717, 1.165) is 34.3 Å². The molecule has 0 saturated heterocycles. The number of aldehydes is 1. The summed E-state index contributed by atoms with van der Waals surface area (Å²) >= 11 is 0. The van der Waals surface area contributed by atoms with Crippen molar-refractivity contribution in [2.75, 3.05) is 0 Å². The van der Waals surface area contributed by atoms with Crippen LogP contribution >= 0.6 is 0 Å². The highest BCUT2D eigenvalue weighted by Crippen LogP contribution is 2.31. The lowest BCUT2D eigenvalue weighted by Gasteiger charge is -2.02. The Morgan fingerprint density at radius 1 is 1.16 bits per heavy atom. The number of aryl methyl sites for hydroxylation is 3. The predicted octanol–water partition coefficient (Wildman–Crippen LogP) is 3.30. The van der Waals surface area contributed by atoms with Gasteiger partial charge in [0.1, 0.15) is 11.5 Å². The zero-order valence-electron chi connectivity index (χ0n) is 11.2. The van der Waals surface area contributed by atoms with Crippen molar-refractivity contribution in [1.82, 2.24) is 15.0 Å². The van der Waals surface area contributed by atoms with Crippen molar-refractivity contribution in [3.8, 4) is 11.4 Å². The lowest BCUT2D eigenvalue weighted by atomic mass is 10.0. The van der Waals surface area contributed by atoms with Gasteiger partial charge in [-0.15, -0.1) is 0 Å². The standard InChI is InChI=1S/C15H15N3O/c1-8-4-5-9(2)14-13(8)11(6-16-14)15-17-10(3)12(7-19)18-15/h4-7,16H,1-3H3,(H,17,18). The number of carbonyl (C=O) groups excluding carboxylic acids is 1. The number of carbonyl (C=O) groups is 1. The van der Waals surface area contributed by atoms with Gasteiger partial charge in [-0.2, -0.15) is 0 Å². The number of nitrogens with one attached hydrogen (secondary N) is 2. The molecule has 2 heterocycles. The Balaban J connectivity index is 2.30. The van der Waals surface area contributed by atoms with Gasteiger partial charge in [0.2, 0.25) is 0 Å². The number of nitrogens with zero attached hydrogens (tertiary/aromatic N) is 1. The molecule has 0 aliphatic rings. The Morgan fingerprint density at radius 3 is 2.58 bits per heavy atom. The number of imidazole rings is 1. The number of H-pyrrole nitrogens is 2. The van der Waals surface area contributed by atoms with E-state index in [0.29, 0.717) is 5.69 Å². The molecule has 0 spiro atoms. The lowest BCUT2D eigenvalue weighted by molar-refractivity contribution is 0.111. The zero-order valence-corrected chi connectivity index (χ0v) is 11.2. The minimum atomic E-state index is 0.467. The van der Waals surface area contributed by atoms with E-state index < -0.39 is 0 Å². The molecule has 3 rings (SSSR count). The minimum absolute atomic E-state index is 0.467. The average Bonchev–Trinajstić information content (AvgIpc) is 2.97. The van der Waals surface area contributed by atoms with E-state index >= 15 is 0 Å². The lowest BCUT2D eigenvalue weighted by Crippen LogP contribution is -1.84. The maximum atomic E-state index is 10.9. The topological polar surface area (TPSA) is 61.5 Å². The molecule has 96 valence electrons. The molecule has 0 saturated carbocycles. The number of fused-ring (bicyclic) bond motifs is 1. The van der Waals surface area contributed by atoms with Crippen molar-refractivity contribution in [1.29, 1.82) is 0 Å². The Labute approximate surface area is 110 Å². The molecule has 0 aliphatic heterocycles. The summed E-state index contributed by atoms with van der Waals surface area (Å²) in [5.74, 6) is 0.736. The molecule has 0 amide bonds. The third-order valence-corrected chi connectivity index (χ3v) is 3.54. The fourth-order valence-corrected chi connectivity index (χ4v) is 2.46. The Kier molecular flexibility index (Phi) is 2.52. The van der Waals surface area contributed by atoms with E-state index in [2.05, 4.69) is 40.9 Å². The highest BCUT2D eigenvalue weighted by molar-refractivity contribution is 5.98. The summed E-state index contributed by atoms with van der Waals surface area (Å²) in [6, 6.07) is 4.20. The second-order valence-electron chi connectivity index (χ2n) is 4.87. The molecule has 0 bridgehead atoms. The first kappa shape index (κ1) is 11.7. The van der Waals surface area contributed by atoms with Crippen LogP contribution < -0.4 is 0 Å². The van der Waals surface area contributed by atoms with Crippen LogP contribution in [0.15, 0.2) is 18.3 Å². The fraction of sp³-hybridized carbons (Fsp3) is 0.200. The fourth-order valence-electron chi connectivity index (χ4n) is 2.46. The van der Waals surface area contributed by atoms with Gasteiger partial charge >= 0.3 is 0 Å². The van der Waals surface area contributed by atoms with E-state index in [9.17, 15) is 4.79 Å². The van der Waals surface area contributed by atoms with Crippen LogP contribution in [0.25, 0.3) is 22.3 Å². The molecule has 0 radical (unpaired) electrons. The molecule has 0 atom stereocenters. The SMILES string of the molecule is Cc1[nH]c(-c2c[nH]c3c(C)ccc(C)c23)nc1C=O. The zero-order chi connectivity index (χ0) is 13.6. The number of aromatic nitrogens is 3. The summed E-state index contributed by atoms with van der Waals surface area (Å²) in [4.78, 5) is 21.7. The van der Waals surface area contributed by atoms with Crippen LogP contribution in [0.4, 0.5) is 0 Å². The second kappa shape index (κ2) is 4.09. The van der Waals surface area contributed by atoms with Gasteiger partial charge in [-0.3, -0.25) is 4.79 Å². The average molecular weight is 253 g/mol. The molecule has 2 N–H and O–H groups in total. The van der Waals surface area contributed by atoms with Crippen molar-refractivity contribution >= 4 is 17.2 Å². The predicted molar refractivity (Wildman–Crippen MR) is 75.5 cm³/mol. The normalized spacial score (nSPS) is 11.1. The van der Waals surface area contributed by atoms with Crippen molar-refractivity contribution in [3.63, 3.8) is 0 Å². The largest absolute Gasteiger partial charge is 0.360 e. The summed E-state index contributed by atoms with van der Waals surface area (Å²) in [6.07, 6.45) is 2.72. The van der Waals surface area contributed by atoms with E-state index in [1.807, 2.05) is 13.1 Å². The maximum absolute atomic E-state index is 10.9. The number of hydrogen-bond acceptors (Lipinski definition) is 2. The van der Waals surface area contributed by atoms with Crippen LogP contribution in [0.1, 0.15) is 27.3 Å². The third kappa shape index (κ3) is 1.68. The molecule has 0 fully saturated rings. The first-order valence-electron chi connectivity index (χ1n) is 6.21. The molecule has 2 aromatic heterocycles. The molecule has 0 unspecified atom stereocenters. The van der Waals surface area contributed by atoms with E-state index in [4.69, 9.17) is 0 Å². The highest BCUT2D eigenvalue weighted by Gasteiger charge is 2.14. The van der Waals surface area contributed by atoms with Crippen LogP contribution in [0.2, 0.25) is 0 Å². The van der Waals surface area contributed by atoms with E-state index in [-0.39, 0.29) is 0 Å². The number of rotatable bonds is 2. The minimum Gasteiger partial charge on any atom is -0.360 e. The summed E-state index contributed by atoms with van der Waals surface area (Å²) in [5.41, 5.74) is 5.78. The molecule has 0 aliphatic carbocycles. The Hall–Kier alpha value is -2.36. The molecule has 19 heavy (non-hydrogen) atoms. The third-order valence-electron chi connectivity index (χ3n) is 3.54. The summed E-state index contributed by atoms with van der Waals surface area (Å²) in [5, 5.41) is 1.16. The van der Waals surface area contributed by atoms with Gasteiger partial charge in [-0.1, -0.05) is 12.1 Å². The van der Waals surface area contributed by atoms with Gasteiger partial charge in [0, 0.05) is 28.4 Å². The molecular weight excluding hydrogens is 238 g/mol. The smallest absolute Gasteiger partial charge is 0.170 e. The van der Waals surface area contributed by atoms with Gasteiger partial charge in [-0.05, 0) is 31.9 Å². The van der Waals surface area contributed by atoms with Crippen LogP contribution in [-0.4, -0.2) is 21.2 Å². The molecule has 1 aromatic carbocycles. The van der Waals surface area contributed by atoms with E-state index in [1.165, 1.54) is 11.1 Å². The van der Waals surface area contributed by atoms with Gasteiger partial charge in [0.25, 0.3) is 0 Å². The Morgan fingerprint density at radius 2 is 1.89 bits per heavy atom. The van der Waals surface area contributed by atoms with Crippen molar-refractivity contribution in [3.05, 3.63) is 40.8 Å². The van der Waals surface area contributed by atoms with Crippen LogP contribution in [0.5, 0.6) is 0 Å². The monoisotopic (exact) mass is 253 g/mol. The first-order chi connectivity index (χ1) is 9.11. The van der Waals surface area contributed by atoms with Crippen molar-refractivity contribution < 1.29 is 4.79 Å². The van der Waals surface area contributed by atoms with Gasteiger partial charge in [0.15, 0.2) is 6.29 Å². The summed E-state index contributed by atoms with van der Waals surface area (Å²) < 4.78 is 0. The molecule has 4 heteroatoms.